The largest absolute Gasteiger partial charge is 0.391 e. The van der Waals surface area contributed by atoms with Gasteiger partial charge in [0.25, 0.3) is 5.91 Å². The number of amides is 2. The van der Waals surface area contributed by atoms with E-state index in [1.807, 2.05) is 0 Å². The first kappa shape index (κ1) is 15.1. The summed E-state index contributed by atoms with van der Waals surface area (Å²) in [6, 6.07) is 0.119. The molecule has 0 aliphatic carbocycles. The van der Waals surface area contributed by atoms with Gasteiger partial charge in [0, 0.05) is 19.2 Å². The second kappa shape index (κ2) is 5.62. The molecule has 1 aliphatic heterocycles. The highest BCUT2D eigenvalue weighted by Gasteiger charge is 2.40. The summed E-state index contributed by atoms with van der Waals surface area (Å²) in [7, 11) is 0. The third-order valence-corrected chi connectivity index (χ3v) is 3.44. The molecule has 2 atom stereocenters. The Morgan fingerprint density at radius 3 is 2.81 bits per heavy atom. The Labute approximate surface area is 123 Å². The smallest absolute Gasteiger partial charge is 0.319 e. The van der Waals surface area contributed by atoms with Crippen LogP contribution in [0.25, 0.3) is 0 Å². The number of nitrogens with zero attached hydrogens (tertiary/aromatic N) is 3. The fraction of sp³-hybridized carbons (Fsp3) is 0.364. The maximum Gasteiger partial charge on any atom is 0.319 e. The first-order valence-corrected chi connectivity index (χ1v) is 6.28. The molecule has 2 unspecified atom stereocenters. The molecule has 0 radical (unpaired) electrons. The maximum absolute atomic E-state index is 12.4. The van der Waals surface area contributed by atoms with Crippen molar-refractivity contribution >= 4 is 29.1 Å². The second-order valence-corrected chi connectivity index (χ2v) is 4.88. The van der Waals surface area contributed by atoms with Crippen LogP contribution in [0, 0.1) is 10.1 Å². The zero-order valence-electron chi connectivity index (χ0n) is 10.6. The number of likely N-dealkylation sites (tertiary alicyclic amines) is 1. The molecule has 2 heterocycles. The Morgan fingerprint density at radius 2 is 2.24 bits per heavy atom. The zero-order valence-corrected chi connectivity index (χ0v) is 11.4. The van der Waals surface area contributed by atoms with Crippen LogP contribution in [0.4, 0.5) is 5.69 Å². The molecule has 1 aromatic heterocycles. The highest BCUT2D eigenvalue weighted by atomic mass is 35.5. The van der Waals surface area contributed by atoms with Gasteiger partial charge in [-0.3, -0.25) is 19.7 Å². The van der Waals surface area contributed by atoms with Gasteiger partial charge in [0.15, 0.2) is 0 Å². The van der Waals surface area contributed by atoms with Crippen molar-refractivity contribution in [3.05, 3.63) is 33.1 Å². The summed E-state index contributed by atoms with van der Waals surface area (Å²) in [5.74, 6) is -1.59. The number of nitrogens with two attached hydrogens (primary N) is 1. The van der Waals surface area contributed by atoms with E-state index in [1.54, 1.807) is 0 Å². The van der Waals surface area contributed by atoms with Crippen molar-refractivity contribution in [2.75, 3.05) is 6.54 Å². The van der Waals surface area contributed by atoms with E-state index in [0.29, 0.717) is 0 Å². The van der Waals surface area contributed by atoms with Crippen molar-refractivity contribution in [2.45, 2.75) is 18.6 Å². The summed E-state index contributed by atoms with van der Waals surface area (Å²) in [6.45, 7) is -0.135. The Hall–Kier alpha value is -2.26. The first-order valence-electron chi connectivity index (χ1n) is 5.90. The lowest BCUT2D eigenvalue weighted by Crippen LogP contribution is -2.43. The molecule has 1 aromatic rings. The molecule has 0 saturated carbocycles. The van der Waals surface area contributed by atoms with Gasteiger partial charge < -0.3 is 15.7 Å². The fourth-order valence-electron chi connectivity index (χ4n) is 2.24. The van der Waals surface area contributed by atoms with Gasteiger partial charge in [0.1, 0.15) is 11.6 Å². The number of carbonyl (C=O) groups excluding carboxylic acids is 2. The SMILES string of the molecule is NC(=O)C1CC(O)CN1C(=O)c1ccnc(Cl)c1[N+](=O)[O-]. The van der Waals surface area contributed by atoms with Crippen LogP contribution >= 0.6 is 11.6 Å². The number of aliphatic hydroxyl groups excluding tert-OH is 1. The van der Waals surface area contributed by atoms with E-state index in [0.717, 1.165) is 17.2 Å². The highest BCUT2D eigenvalue weighted by Crippen LogP contribution is 2.29. The minimum atomic E-state index is -1.01. The molecular weight excluding hydrogens is 304 g/mol. The average Bonchev–Trinajstić information content (AvgIpc) is 2.79. The van der Waals surface area contributed by atoms with Crippen LogP contribution < -0.4 is 5.73 Å². The van der Waals surface area contributed by atoms with Crippen molar-refractivity contribution < 1.29 is 19.6 Å². The summed E-state index contributed by atoms with van der Waals surface area (Å²) in [4.78, 5) is 38.5. The Morgan fingerprint density at radius 1 is 1.57 bits per heavy atom. The fourth-order valence-corrected chi connectivity index (χ4v) is 2.46. The number of pyridine rings is 1. The van der Waals surface area contributed by atoms with Crippen LogP contribution in [0.1, 0.15) is 16.8 Å². The Kier molecular flexibility index (Phi) is 4.05. The number of hydrogen-bond acceptors (Lipinski definition) is 6. The van der Waals surface area contributed by atoms with Crippen LogP contribution in [0.5, 0.6) is 0 Å². The van der Waals surface area contributed by atoms with Gasteiger partial charge >= 0.3 is 5.69 Å². The summed E-state index contributed by atoms with van der Waals surface area (Å²) in [5, 5.41) is 20.2. The molecule has 0 spiro atoms. The van der Waals surface area contributed by atoms with Crippen molar-refractivity contribution in [3.63, 3.8) is 0 Å². The molecule has 1 saturated heterocycles. The molecule has 0 aromatic carbocycles. The van der Waals surface area contributed by atoms with Gasteiger partial charge in [0.05, 0.1) is 11.0 Å². The van der Waals surface area contributed by atoms with Crippen LogP contribution in [-0.4, -0.2) is 50.4 Å². The Balaban J connectivity index is 2.43. The predicted molar refractivity (Wildman–Crippen MR) is 70.5 cm³/mol. The maximum atomic E-state index is 12.4. The third kappa shape index (κ3) is 2.78. The molecule has 0 bridgehead atoms. The molecule has 1 aliphatic rings. The quantitative estimate of drug-likeness (QED) is 0.446. The highest BCUT2D eigenvalue weighted by molar-refractivity contribution is 6.32. The number of rotatable bonds is 3. The number of halogens is 1. The zero-order chi connectivity index (χ0) is 15.7. The minimum Gasteiger partial charge on any atom is -0.391 e. The standard InChI is InChI=1S/C11H11ClN4O5/c12-9-8(16(20)21)6(1-2-14-9)11(19)15-4-5(17)3-7(15)10(13)18/h1-2,5,7,17H,3-4H2,(H2,13,18). The molecule has 112 valence electrons. The van der Waals surface area contributed by atoms with E-state index in [1.165, 1.54) is 0 Å². The van der Waals surface area contributed by atoms with E-state index in [2.05, 4.69) is 4.98 Å². The van der Waals surface area contributed by atoms with Crippen molar-refractivity contribution in [1.29, 1.82) is 0 Å². The van der Waals surface area contributed by atoms with Crippen molar-refractivity contribution in [2.24, 2.45) is 5.73 Å². The summed E-state index contributed by atoms with van der Waals surface area (Å²) in [6.07, 6.45) is 0.227. The molecule has 21 heavy (non-hydrogen) atoms. The molecule has 2 rings (SSSR count). The average molecular weight is 315 g/mol. The van der Waals surface area contributed by atoms with E-state index >= 15 is 0 Å². The number of aromatic nitrogens is 1. The number of β-amino-alcohol motifs (C(OH)–C–C–N with tert-alkyl or cyclic N) is 1. The second-order valence-electron chi connectivity index (χ2n) is 4.52. The third-order valence-electron chi connectivity index (χ3n) is 3.16. The Bertz CT molecular complexity index is 623. The van der Waals surface area contributed by atoms with Crippen LogP contribution in [0.15, 0.2) is 12.3 Å². The lowest BCUT2D eigenvalue weighted by Gasteiger charge is -2.21. The van der Waals surface area contributed by atoms with Gasteiger partial charge in [-0.05, 0) is 6.07 Å². The monoisotopic (exact) mass is 314 g/mol. The normalized spacial score (nSPS) is 21.3. The van der Waals surface area contributed by atoms with E-state index in [4.69, 9.17) is 17.3 Å². The molecular formula is C11H11ClN4O5. The lowest BCUT2D eigenvalue weighted by atomic mass is 10.1. The summed E-state index contributed by atoms with van der Waals surface area (Å²) < 4.78 is 0. The summed E-state index contributed by atoms with van der Waals surface area (Å²) >= 11 is 5.64. The predicted octanol–water partition coefficient (Wildman–Crippen LogP) is -0.296. The van der Waals surface area contributed by atoms with Gasteiger partial charge in [-0.15, -0.1) is 0 Å². The van der Waals surface area contributed by atoms with Crippen LogP contribution in [0.2, 0.25) is 5.15 Å². The lowest BCUT2D eigenvalue weighted by molar-refractivity contribution is -0.385. The molecule has 9 nitrogen and oxygen atoms in total. The van der Waals surface area contributed by atoms with Crippen molar-refractivity contribution in [3.8, 4) is 0 Å². The topological polar surface area (TPSA) is 140 Å². The van der Waals surface area contributed by atoms with Gasteiger partial charge in [0.2, 0.25) is 11.1 Å². The van der Waals surface area contributed by atoms with Gasteiger partial charge in [-0.25, -0.2) is 4.98 Å². The molecule has 3 N–H and O–H groups in total. The van der Waals surface area contributed by atoms with Crippen LogP contribution in [0.3, 0.4) is 0 Å². The number of primary amides is 1. The van der Waals surface area contributed by atoms with Gasteiger partial charge in [-0.1, -0.05) is 11.6 Å². The van der Waals surface area contributed by atoms with E-state index in [-0.39, 0.29) is 18.5 Å². The number of aliphatic hydroxyl groups is 1. The summed E-state index contributed by atoms with van der Waals surface area (Å²) in [5.41, 5.74) is 4.23. The molecule has 1 fully saturated rings. The van der Waals surface area contributed by atoms with Gasteiger partial charge in [-0.2, -0.15) is 0 Å². The first-order chi connectivity index (χ1) is 9.82. The number of hydrogen-bond donors (Lipinski definition) is 2. The minimum absolute atomic E-state index is 0.00626. The van der Waals surface area contributed by atoms with Crippen molar-refractivity contribution in [1.82, 2.24) is 9.88 Å². The number of nitro groups is 1. The number of carbonyl (C=O) groups is 2. The molecule has 10 heteroatoms. The molecule has 2 amide bonds. The van der Waals surface area contributed by atoms with Crippen LogP contribution in [-0.2, 0) is 4.79 Å². The van der Waals surface area contributed by atoms with E-state index < -0.39 is 39.7 Å². The van der Waals surface area contributed by atoms with E-state index in [9.17, 15) is 24.8 Å².